The van der Waals surface area contributed by atoms with Crippen LogP contribution in [0.25, 0.3) is 6.08 Å². The summed E-state index contributed by atoms with van der Waals surface area (Å²) in [6.07, 6.45) is 3.07. The topological polar surface area (TPSA) is 47.6 Å². The molecular weight excluding hydrogens is 309 g/mol. The lowest BCUT2D eigenvalue weighted by Crippen LogP contribution is -2.20. The molecule has 0 bridgehead atoms. The molecule has 1 amide bonds. The Bertz CT molecular complexity index is 849. The summed E-state index contributed by atoms with van der Waals surface area (Å²) >= 11 is 0. The highest BCUT2D eigenvalue weighted by molar-refractivity contribution is 5.91. The number of fused-ring (bicyclic) bond motifs is 1. The number of carbonyl (C=O) groups excluding carboxylic acids is 1. The van der Waals surface area contributed by atoms with Gasteiger partial charge in [-0.1, -0.05) is 30.0 Å². The normalized spacial score (nSPS) is 11.9. The first-order valence-corrected chi connectivity index (χ1v) is 7.31. The van der Waals surface area contributed by atoms with Gasteiger partial charge in [-0.05, 0) is 35.9 Å². The minimum absolute atomic E-state index is 0.138. The van der Waals surface area contributed by atoms with Crippen molar-refractivity contribution in [3.8, 4) is 23.3 Å². The highest BCUT2D eigenvalue weighted by Crippen LogP contribution is 2.32. The van der Waals surface area contributed by atoms with E-state index in [-0.39, 0.29) is 25.1 Å². The maximum absolute atomic E-state index is 13.4. The van der Waals surface area contributed by atoms with E-state index in [0.717, 1.165) is 5.56 Å². The second kappa shape index (κ2) is 7.34. The quantitative estimate of drug-likeness (QED) is 0.698. The third-order valence-corrected chi connectivity index (χ3v) is 3.27. The maximum atomic E-state index is 13.4. The molecule has 0 saturated heterocycles. The van der Waals surface area contributed by atoms with Gasteiger partial charge in [0.1, 0.15) is 5.82 Å². The lowest BCUT2D eigenvalue weighted by atomic mass is 10.2. The lowest BCUT2D eigenvalue weighted by molar-refractivity contribution is -0.116. The van der Waals surface area contributed by atoms with Gasteiger partial charge < -0.3 is 14.8 Å². The predicted molar refractivity (Wildman–Crippen MR) is 87.9 cm³/mol. The Morgan fingerprint density at radius 2 is 2.04 bits per heavy atom. The molecule has 0 spiro atoms. The maximum Gasteiger partial charge on any atom is 0.244 e. The van der Waals surface area contributed by atoms with E-state index in [1.807, 2.05) is 6.07 Å². The van der Waals surface area contributed by atoms with Crippen molar-refractivity contribution in [2.45, 2.75) is 0 Å². The van der Waals surface area contributed by atoms with Crippen LogP contribution in [-0.2, 0) is 4.79 Å². The number of rotatable bonds is 3. The number of halogens is 1. The molecule has 0 aromatic heterocycles. The van der Waals surface area contributed by atoms with Crippen molar-refractivity contribution in [1.82, 2.24) is 5.32 Å². The van der Waals surface area contributed by atoms with Gasteiger partial charge in [0, 0.05) is 6.08 Å². The molecule has 3 rings (SSSR count). The summed E-state index contributed by atoms with van der Waals surface area (Å²) in [5, 5.41) is 2.62. The Morgan fingerprint density at radius 1 is 1.21 bits per heavy atom. The first-order chi connectivity index (χ1) is 11.7. The van der Waals surface area contributed by atoms with Crippen molar-refractivity contribution in [3.63, 3.8) is 0 Å². The van der Waals surface area contributed by atoms with E-state index >= 15 is 0 Å². The molecule has 1 N–H and O–H groups in total. The van der Waals surface area contributed by atoms with E-state index in [9.17, 15) is 9.18 Å². The first kappa shape index (κ1) is 15.6. The average Bonchev–Trinajstić information content (AvgIpc) is 3.06. The summed E-state index contributed by atoms with van der Waals surface area (Å²) in [5.74, 6) is 6.09. The van der Waals surface area contributed by atoms with E-state index in [1.54, 1.807) is 36.4 Å². The van der Waals surface area contributed by atoms with Crippen molar-refractivity contribution in [2.75, 3.05) is 13.3 Å². The molecule has 2 aromatic rings. The molecule has 0 unspecified atom stereocenters. The highest BCUT2D eigenvalue weighted by Gasteiger charge is 2.12. The Hall–Kier alpha value is -3.26. The number of carbonyl (C=O) groups is 1. The van der Waals surface area contributed by atoms with Crippen molar-refractivity contribution < 1.29 is 18.7 Å². The second-order valence-corrected chi connectivity index (χ2v) is 4.95. The van der Waals surface area contributed by atoms with Gasteiger partial charge in [-0.25, -0.2) is 4.39 Å². The van der Waals surface area contributed by atoms with Crippen molar-refractivity contribution in [3.05, 3.63) is 65.5 Å². The van der Waals surface area contributed by atoms with Gasteiger partial charge in [0.05, 0.1) is 12.1 Å². The Morgan fingerprint density at radius 3 is 2.92 bits per heavy atom. The van der Waals surface area contributed by atoms with Crippen LogP contribution in [0.2, 0.25) is 0 Å². The summed E-state index contributed by atoms with van der Waals surface area (Å²) in [4.78, 5) is 11.7. The fourth-order valence-corrected chi connectivity index (χ4v) is 2.08. The number of ether oxygens (including phenoxy) is 2. The molecule has 1 aliphatic rings. The van der Waals surface area contributed by atoms with Crippen LogP contribution in [0.5, 0.6) is 11.5 Å². The molecular formula is C19H14FNO3. The van der Waals surface area contributed by atoms with E-state index in [1.165, 1.54) is 12.1 Å². The van der Waals surface area contributed by atoms with Gasteiger partial charge >= 0.3 is 0 Å². The van der Waals surface area contributed by atoms with Crippen LogP contribution in [0.1, 0.15) is 11.1 Å². The number of benzene rings is 2. The molecule has 24 heavy (non-hydrogen) atoms. The number of amides is 1. The van der Waals surface area contributed by atoms with Gasteiger partial charge in [-0.2, -0.15) is 0 Å². The van der Waals surface area contributed by atoms with Crippen molar-refractivity contribution in [2.24, 2.45) is 0 Å². The summed E-state index contributed by atoms with van der Waals surface area (Å²) in [5.41, 5.74) is 1.13. The summed E-state index contributed by atoms with van der Waals surface area (Å²) in [6, 6.07) is 11.7. The van der Waals surface area contributed by atoms with E-state index < -0.39 is 0 Å². The number of hydrogen-bond donors (Lipinski definition) is 1. The van der Waals surface area contributed by atoms with Gasteiger partial charge in [0.15, 0.2) is 11.5 Å². The second-order valence-electron chi connectivity index (χ2n) is 4.95. The summed E-state index contributed by atoms with van der Waals surface area (Å²) in [7, 11) is 0. The standard InChI is InChI=1S/C19H14FNO3/c20-16-6-2-1-4-15(16)5-3-11-21-19(22)10-8-14-7-9-17-18(12-14)24-13-23-17/h1-2,4,6-10,12H,11,13H2,(H,21,22)/b10-8+. The monoisotopic (exact) mass is 323 g/mol. The summed E-state index contributed by atoms with van der Waals surface area (Å²) in [6.45, 7) is 0.350. The first-order valence-electron chi connectivity index (χ1n) is 7.31. The molecule has 0 fully saturated rings. The van der Waals surface area contributed by atoms with Crippen LogP contribution < -0.4 is 14.8 Å². The van der Waals surface area contributed by atoms with Gasteiger partial charge in [-0.15, -0.1) is 0 Å². The molecule has 1 aliphatic heterocycles. The van der Waals surface area contributed by atoms with Gasteiger partial charge in [0.2, 0.25) is 12.7 Å². The smallest absolute Gasteiger partial charge is 0.244 e. The van der Waals surface area contributed by atoms with Crippen LogP contribution in [0.4, 0.5) is 4.39 Å². The molecule has 120 valence electrons. The van der Waals surface area contributed by atoms with Crippen molar-refractivity contribution >= 4 is 12.0 Å². The zero-order valence-electron chi connectivity index (χ0n) is 12.7. The molecule has 0 atom stereocenters. The highest BCUT2D eigenvalue weighted by atomic mass is 19.1. The van der Waals surface area contributed by atoms with Crippen molar-refractivity contribution in [1.29, 1.82) is 0 Å². The number of nitrogens with one attached hydrogen (secondary N) is 1. The largest absolute Gasteiger partial charge is 0.454 e. The molecule has 1 heterocycles. The third-order valence-electron chi connectivity index (χ3n) is 3.27. The SMILES string of the molecule is O=C(/C=C/c1ccc2c(c1)OCO2)NCC#Cc1ccccc1F. The minimum Gasteiger partial charge on any atom is -0.454 e. The Labute approximate surface area is 138 Å². The van der Waals surface area contributed by atoms with Crippen LogP contribution in [-0.4, -0.2) is 19.2 Å². The zero-order valence-corrected chi connectivity index (χ0v) is 12.7. The molecule has 0 aliphatic carbocycles. The average molecular weight is 323 g/mol. The van der Waals surface area contributed by atoms with Crippen LogP contribution in [0, 0.1) is 17.7 Å². The van der Waals surface area contributed by atoms with Crippen LogP contribution in [0.15, 0.2) is 48.5 Å². The molecule has 0 radical (unpaired) electrons. The predicted octanol–water partition coefficient (Wildman–Crippen LogP) is 2.74. The van der Waals surface area contributed by atoms with E-state index in [0.29, 0.717) is 17.1 Å². The number of hydrogen-bond acceptors (Lipinski definition) is 3. The lowest BCUT2D eigenvalue weighted by Gasteiger charge is -1.98. The van der Waals surface area contributed by atoms with Gasteiger partial charge in [-0.3, -0.25) is 4.79 Å². The van der Waals surface area contributed by atoms with Crippen LogP contribution in [0.3, 0.4) is 0 Å². The van der Waals surface area contributed by atoms with Gasteiger partial charge in [0.25, 0.3) is 0 Å². The zero-order chi connectivity index (χ0) is 16.8. The minimum atomic E-state index is -0.376. The molecule has 0 saturated carbocycles. The molecule has 5 heteroatoms. The fourth-order valence-electron chi connectivity index (χ4n) is 2.08. The fraction of sp³-hybridized carbons (Fsp3) is 0.105. The Kier molecular flexibility index (Phi) is 4.78. The summed E-state index contributed by atoms with van der Waals surface area (Å²) < 4.78 is 23.9. The van der Waals surface area contributed by atoms with E-state index in [4.69, 9.17) is 9.47 Å². The Balaban J connectivity index is 1.52. The van der Waals surface area contributed by atoms with Crippen LogP contribution >= 0.6 is 0 Å². The van der Waals surface area contributed by atoms with E-state index in [2.05, 4.69) is 17.2 Å². The molecule has 2 aromatic carbocycles. The molecule has 4 nitrogen and oxygen atoms in total. The third kappa shape index (κ3) is 3.93.